The Morgan fingerprint density at radius 2 is 2.00 bits per heavy atom. The van der Waals surface area contributed by atoms with E-state index in [9.17, 15) is 9.59 Å². The monoisotopic (exact) mass is 445 g/mol. The summed E-state index contributed by atoms with van der Waals surface area (Å²) in [6, 6.07) is 5.08. The summed E-state index contributed by atoms with van der Waals surface area (Å²) in [5.74, 6) is 0.429. The molecule has 2 fully saturated rings. The van der Waals surface area contributed by atoms with E-state index in [1.807, 2.05) is 20.8 Å². The van der Waals surface area contributed by atoms with Gasteiger partial charge in [-0.1, -0.05) is 0 Å². The molecule has 0 aliphatic carbocycles. The van der Waals surface area contributed by atoms with Crippen molar-refractivity contribution in [1.82, 2.24) is 15.3 Å². The number of methoxy groups -OCH3 is 1. The average Bonchev–Trinajstić information content (AvgIpc) is 3.13. The lowest BCUT2D eigenvalue weighted by atomic mass is 9.94. The Morgan fingerprint density at radius 1 is 1.19 bits per heavy atom. The van der Waals surface area contributed by atoms with E-state index in [1.54, 1.807) is 24.4 Å². The number of ether oxygens (including phenoxy) is 5. The highest BCUT2D eigenvalue weighted by Crippen LogP contribution is 2.38. The number of rotatable bonds is 4. The van der Waals surface area contributed by atoms with Gasteiger partial charge in [0.05, 0.1) is 36.9 Å². The standard InChI is InChI=1S/C22H27N3O7/c1-22(2,3)32-20(26)24-12-5-7-15(29-11-12)19-18(30-21(27)31-19)13-9-10-23-14-6-8-16(28-4)25-17(13)14/h6,8-10,12,15,18-19H,5,7,11H2,1-4H3,(H,24,26)/t12-,15+,18-,19-/m1/s1. The summed E-state index contributed by atoms with van der Waals surface area (Å²) in [5, 5.41) is 2.82. The van der Waals surface area contributed by atoms with Crippen molar-refractivity contribution < 1.29 is 33.3 Å². The van der Waals surface area contributed by atoms with Crippen LogP contribution in [0.15, 0.2) is 24.4 Å². The van der Waals surface area contributed by atoms with Gasteiger partial charge < -0.3 is 29.0 Å². The molecule has 2 aliphatic rings. The molecule has 0 radical (unpaired) electrons. The van der Waals surface area contributed by atoms with E-state index >= 15 is 0 Å². The van der Waals surface area contributed by atoms with Crippen LogP contribution in [-0.4, -0.2) is 59.8 Å². The van der Waals surface area contributed by atoms with Gasteiger partial charge in [0.2, 0.25) is 5.88 Å². The van der Waals surface area contributed by atoms with Gasteiger partial charge in [-0.25, -0.2) is 14.6 Å². The first kappa shape index (κ1) is 22.1. The number of alkyl carbamates (subject to hydrolysis) is 1. The van der Waals surface area contributed by atoms with Crippen molar-refractivity contribution in [2.45, 2.75) is 63.6 Å². The van der Waals surface area contributed by atoms with Gasteiger partial charge in [0.25, 0.3) is 0 Å². The lowest BCUT2D eigenvalue weighted by Gasteiger charge is -2.33. The normalized spacial score (nSPS) is 25.7. The molecule has 2 aromatic heterocycles. The first-order valence-corrected chi connectivity index (χ1v) is 10.5. The summed E-state index contributed by atoms with van der Waals surface area (Å²) in [5.41, 5.74) is 1.31. The Bertz CT molecular complexity index is 999. The topological polar surface area (TPSA) is 118 Å². The number of nitrogens with zero attached hydrogens (tertiary/aromatic N) is 2. The number of hydrogen-bond donors (Lipinski definition) is 1. The van der Waals surface area contributed by atoms with E-state index in [2.05, 4.69) is 15.3 Å². The molecule has 172 valence electrons. The average molecular weight is 445 g/mol. The van der Waals surface area contributed by atoms with Crippen LogP contribution in [0.2, 0.25) is 0 Å². The zero-order valence-corrected chi connectivity index (χ0v) is 18.5. The third kappa shape index (κ3) is 4.85. The second-order valence-corrected chi connectivity index (χ2v) is 8.78. The zero-order valence-electron chi connectivity index (χ0n) is 18.5. The summed E-state index contributed by atoms with van der Waals surface area (Å²) in [7, 11) is 1.53. The molecule has 0 unspecified atom stereocenters. The molecular weight excluding hydrogens is 418 g/mol. The molecule has 1 N–H and O–H groups in total. The number of aromatic nitrogens is 2. The van der Waals surface area contributed by atoms with E-state index in [-0.39, 0.29) is 12.6 Å². The van der Waals surface area contributed by atoms with Gasteiger partial charge in [-0.15, -0.1) is 0 Å². The number of nitrogens with one attached hydrogen (secondary N) is 1. The van der Waals surface area contributed by atoms with Crippen LogP contribution in [0.5, 0.6) is 5.88 Å². The van der Waals surface area contributed by atoms with Gasteiger partial charge in [-0.3, -0.25) is 4.98 Å². The van der Waals surface area contributed by atoms with Crippen LogP contribution in [-0.2, 0) is 18.9 Å². The molecular formula is C22H27N3O7. The maximum absolute atomic E-state index is 12.0. The number of carbonyl (C=O) groups is 2. The second kappa shape index (κ2) is 8.78. The third-order valence-electron chi connectivity index (χ3n) is 5.26. The molecule has 32 heavy (non-hydrogen) atoms. The molecule has 0 bridgehead atoms. The van der Waals surface area contributed by atoms with Crippen molar-refractivity contribution in [3.8, 4) is 5.88 Å². The number of carbonyl (C=O) groups excluding carboxylic acids is 2. The lowest BCUT2D eigenvalue weighted by Crippen LogP contribution is -2.47. The Morgan fingerprint density at radius 3 is 2.69 bits per heavy atom. The molecule has 0 spiro atoms. The highest BCUT2D eigenvalue weighted by molar-refractivity contribution is 5.79. The van der Waals surface area contributed by atoms with Crippen LogP contribution in [0.4, 0.5) is 9.59 Å². The molecule has 2 saturated heterocycles. The Hall–Kier alpha value is -3.14. The summed E-state index contributed by atoms with van der Waals surface area (Å²) in [4.78, 5) is 32.9. The van der Waals surface area contributed by atoms with Gasteiger partial charge in [0.1, 0.15) is 5.60 Å². The van der Waals surface area contributed by atoms with Crippen molar-refractivity contribution in [3.05, 3.63) is 30.0 Å². The van der Waals surface area contributed by atoms with Gasteiger partial charge >= 0.3 is 12.2 Å². The van der Waals surface area contributed by atoms with Crippen LogP contribution in [0, 0.1) is 0 Å². The number of cyclic esters (lactones) is 2. The molecule has 4 rings (SSSR count). The minimum absolute atomic E-state index is 0.190. The van der Waals surface area contributed by atoms with Crippen molar-refractivity contribution in [2.24, 2.45) is 0 Å². The van der Waals surface area contributed by atoms with E-state index in [0.717, 1.165) is 0 Å². The van der Waals surface area contributed by atoms with Crippen LogP contribution >= 0.6 is 0 Å². The van der Waals surface area contributed by atoms with Crippen LogP contribution < -0.4 is 10.1 Å². The molecule has 4 heterocycles. The summed E-state index contributed by atoms with van der Waals surface area (Å²) < 4.78 is 27.5. The van der Waals surface area contributed by atoms with E-state index in [1.165, 1.54) is 7.11 Å². The number of pyridine rings is 2. The molecule has 0 saturated carbocycles. The van der Waals surface area contributed by atoms with Crippen molar-refractivity contribution in [3.63, 3.8) is 0 Å². The number of hydrogen-bond acceptors (Lipinski definition) is 9. The SMILES string of the molecule is COc1ccc2nccc([C@H]3OC(=O)O[C@@H]3[C@@H]3CC[C@@H](NC(=O)OC(C)(C)C)CO3)c2n1. The molecule has 1 amide bonds. The summed E-state index contributed by atoms with van der Waals surface area (Å²) in [6.07, 6.45) is -0.135. The fraction of sp³-hybridized carbons (Fsp3) is 0.545. The quantitative estimate of drug-likeness (QED) is 0.707. The Kier molecular flexibility index (Phi) is 6.05. The van der Waals surface area contributed by atoms with E-state index in [4.69, 9.17) is 23.7 Å². The highest BCUT2D eigenvalue weighted by atomic mass is 16.8. The van der Waals surface area contributed by atoms with Crippen molar-refractivity contribution in [1.29, 1.82) is 0 Å². The van der Waals surface area contributed by atoms with Crippen LogP contribution in [0.1, 0.15) is 45.3 Å². The van der Waals surface area contributed by atoms with Crippen LogP contribution in [0.3, 0.4) is 0 Å². The molecule has 2 aliphatic heterocycles. The minimum Gasteiger partial charge on any atom is -0.481 e. The Labute approximate surface area is 185 Å². The summed E-state index contributed by atoms with van der Waals surface area (Å²) >= 11 is 0. The fourth-order valence-electron chi connectivity index (χ4n) is 3.87. The molecule has 2 aromatic rings. The minimum atomic E-state index is -0.759. The Balaban J connectivity index is 1.47. The first-order valence-electron chi connectivity index (χ1n) is 10.5. The molecule has 4 atom stereocenters. The van der Waals surface area contributed by atoms with Gasteiger partial charge in [-0.2, -0.15) is 0 Å². The third-order valence-corrected chi connectivity index (χ3v) is 5.26. The molecule has 10 heteroatoms. The maximum Gasteiger partial charge on any atom is 0.509 e. The highest BCUT2D eigenvalue weighted by Gasteiger charge is 2.46. The largest absolute Gasteiger partial charge is 0.509 e. The van der Waals surface area contributed by atoms with Crippen molar-refractivity contribution >= 4 is 23.3 Å². The first-order chi connectivity index (χ1) is 15.2. The molecule has 10 nitrogen and oxygen atoms in total. The number of amides is 1. The smallest absolute Gasteiger partial charge is 0.481 e. The maximum atomic E-state index is 12.0. The van der Waals surface area contributed by atoms with Crippen molar-refractivity contribution in [2.75, 3.05) is 13.7 Å². The second-order valence-electron chi connectivity index (χ2n) is 8.78. The number of fused-ring (bicyclic) bond motifs is 1. The zero-order chi connectivity index (χ0) is 22.9. The molecule has 0 aromatic carbocycles. The lowest BCUT2D eigenvalue weighted by molar-refractivity contribution is -0.0744. The van der Waals surface area contributed by atoms with Crippen LogP contribution in [0.25, 0.3) is 11.0 Å². The van der Waals surface area contributed by atoms with Gasteiger partial charge in [0.15, 0.2) is 12.2 Å². The van der Waals surface area contributed by atoms with Gasteiger partial charge in [0, 0.05) is 17.8 Å². The summed E-state index contributed by atoms with van der Waals surface area (Å²) in [6.45, 7) is 5.69. The van der Waals surface area contributed by atoms with E-state index in [0.29, 0.717) is 35.3 Å². The predicted octanol–water partition coefficient (Wildman–Crippen LogP) is 3.29. The fourth-order valence-corrected chi connectivity index (χ4v) is 3.87. The van der Waals surface area contributed by atoms with E-state index < -0.39 is 36.2 Å². The predicted molar refractivity (Wildman–Crippen MR) is 112 cm³/mol. The van der Waals surface area contributed by atoms with Gasteiger partial charge in [-0.05, 0) is 45.7 Å².